The lowest BCUT2D eigenvalue weighted by molar-refractivity contribution is 0.401. The van der Waals surface area contributed by atoms with Crippen LogP contribution in [-0.4, -0.2) is 37.3 Å². The van der Waals surface area contributed by atoms with E-state index in [1.165, 1.54) is 13.2 Å². The second-order valence-electron chi connectivity index (χ2n) is 4.54. The largest absolute Gasteiger partial charge is 0.495 e. The Bertz CT molecular complexity index is 608. The average molecular weight is 382 g/mol. The quantitative estimate of drug-likeness (QED) is 0.860. The predicted octanol–water partition coefficient (Wildman–Crippen LogP) is 1.65. The maximum Gasteiger partial charge on any atom is 0.244 e. The first-order valence-electron chi connectivity index (χ1n) is 6.13. The smallest absolute Gasteiger partial charge is 0.244 e. The lowest BCUT2D eigenvalue weighted by Gasteiger charge is -2.22. The number of benzene rings is 1. The van der Waals surface area contributed by atoms with Crippen LogP contribution < -0.4 is 9.46 Å². The highest BCUT2D eigenvalue weighted by molar-refractivity contribution is 9.10. The van der Waals surface area contributed by atoms with Crippen LogP contribution in [-0.2, 0) is 20.8 Å². The molecule has 8 heteroatoms. The molecule has 0 radical (unpaired) electrons. The summed E-state index contributed by atoms with van der Waals surface area (Å²) in [6.45, 7) is 0. The van der Waals surface area contributed by atoms with E-state index in [-0.39, 0.29) is 10.9 Å². The Hall–Kier alpha value is -0.440. The molecule has 112 valence electrons. The number of rotatable bonds is 4. The van der Waals surface area contributed by atoms with E-state index in [4.69, 9.17) is 4.74 Å². The molecular formula is C12H16BrNO4S2. The summed E-state index contributed by atoms with van der Waals surface area (Å²) in [6.07, 6.45) is 1.20. The van der Waals surface area contributed by atoms with Gasteiger partial charge in [-0.3, -0.25) is 4.21 Å². The monoisotopic (exact) mass is 381 g/mol. The first-order chi connectivity index (χ1) is 9.42. The van der Waals surface area contributed by atoms with Crippen molar-refractivity contribution in [3.8, 4) is 5.75 Å². The molecule has 0 aliphatic carbocycles. The van der Waals surface area contributed by atoms with E-state index in [1.807, 2.05) is 0 Å². The van der Waals surface area contributed by atoms with E-state index in [0.717, 1.165) is 0 Å². The molecule has 1 aromatic rings. The van der Waals surface area contributed by atoms with Crippen LogP contribution in [0.2, 0.25) is 0 Å². The number of methoxy groups -OCH3 is 1. The molecule has 1 heterocycles. The molecule has 0 bridgehead atoms. The fourth-order valence-electron chi connectivity index (χ4n) is 2.06. The third-order valence-electron chi connectivity index (χ3n) is 3.12. The van der Waals surface area contributed by atoms with Crippen LogP contribution in [0, 0.1) is 0 Å². The third-order valence-corrected chi connectivity index (χ3v) is 6.54. The Morgan fingerprint density at radius 1 is 1.35 bits per heavy atom. The van der Waals surface area contributed by atoms with Gasteiger partial charge in [-0.25, -0.2) is 13.1 Å². The van der Waals surface area contributed by atoms with Gasteiger partial charge in [0.25, 0.3) is 0 Å². The lowest BCUT2D eigenvalue weighted by atomic mass is 10.2. The normalized spacial score (nSPS) is 23.5. The molecule has 20 heavy (non-hydrogen) atoms. The van der Waals surface area contributed by atoms with Gasteiger partial charge in [0.1, 0.15) is 10.6 Å². The Morgan fingerprint density at radius 3 is 2.60 bits per heavy atom. The molecular weight excluding hydrogens is 366 g/mol. The second kappa shape index (κ2) is 6.55. The summed E-state index contributed by atoms with van der Waals surface area (Å²) in [4.78, 5) is 0.112. The van der Waals surface area contributed by atoms with Gasteiger partial charge in [-0.2, -0.15) is 0 Å². The number of hydrogen-bond acceptors (Lipinski definition) is 4. The van der Waals surface area contributed by atoms with Crippen LogP contribution in [0.4, 0.5) is 0 Å². The molecule has 1 N–H and O–H groups in total. The van der Waals surface area contributed by atoms with Crippen molar-refractivity contribution in [2.24, 2.45) is 0 Å². The van der Waals surface area contributed by atoms with Gasteiger partial charge in [-0.1, -0.05) is 15.9 Å². The average Bonchev–Trinajstić information content (AvgIpc) is 2.41. The Morgan fingerprint density at radius 2 is 2.00 bits per heavy atom. The zero-order valence-electron chi connectivity index (χ0n) is 11.0. The van der Waals surface area contributed by atoms with Crippen molar-refractivity contribution in [1.29, 1.82) is 0 Å². The molecule has 0 aromatic heterocycles. The van der Waals surface area contributed by atoms with Gasteiger partial charge < -0.3 is 4.74 Å². The second-order valence-corrected chi connectivity index (χ2v) is 8.83. The third kappa shape index (κ3) is 3.81. The van der Waals surface area contributed by atoms with E-state index < -0.39 is 20.8 Å². The standard InChI is InChI=1S/C12H16BrNO4S2/c1-18-11-3-2-9(13)8-12(11)20(16,17)14-10-4-6-19(15)7-5-10/h2-3,8,10,14H,4-7H2,1H3. The van der Waals surface area contributed by atoms with Gasteiger partial charge in [0.15, 0.2) is 0 Å². The number of sulfonamides is 1. The van der Waals surface area contributed by atoms with Crippen molar-refractivity contribution in [1.82, 2.24) is 4.72 Å². The van der Waals surface area contributed by atoms with E-state index >= 15 is 0 Å². The molecule has 0 spiro atoms. The van der Waals surface area contributed by atoms with Crippen molar-refractivity contribution in [3.05, 3.63) is 22.7 Å². The van der Waals surface area contributed by atoms with Crippen LogP contribution in [0.15, 0.2) is 27.6 Å². The number of hydrogen-bond donors (Lipinski definition) is 1. The van der Waals surface area contributed by atoms with E-state index in [9.17, 15) is 12.6 Å². The molecule has 0 atom stereocenters. The molecule has 0 unspecified atom stereocenters. The molecule has 1 aliphatic heterocycles. The molecule has 1 aromatic carbocycles. The van der Waals surface area contributed by atoms with E-state index in [2.05, 4.69) is 20.7 Å². The highest BCUT2D eigenvalue weighted by atomic mass is 79.9. The zero-order chi connectivity index (χ0) is 14.8. The molecule has 0 saturated carbocycles. The van der Waals surface area contributed by atoms with Crippen LogP contribution in [0.3, 0.4) is 0 Å². The Labute approximate surface area is 129 Å². The lowest BCUT2D eigenvalue weighted by Crippen LogP contribution is -2.39. The highest BCUT2D eigenvalue weighted by Crippen LogP contribution is 2.27. The minimum Gasteiger partial charge on any atom is -0.495 e. The van der Waals surface area contributed by atoms with Gasteiger partial charge in [-0.05, 0) is 31.0 Å². The summed E-state index contributed by atoms with van der Waals surface area (Å²) in [7, 11) is -3.02. The van der Waals surface area contributed by atoms with Gasteiger partial charge in [0.2, 0.25) is 10.0 Å². The number of nitrogens with one attached hydrogen (secondary N) is 1. The summed E-state index contributed by atoms with van der Waals surface area (Å²) in [5.74, 6) is 1.39. The molecule has 1 fully saturated rings. The minimum absolute atomic E-state index is 0.112. The van der Waals surface area contributed by atoms with Crippen molar-refractivity contribution >= 4 is 36.8 Å². The summed E-state index contributed by atoms with van der Waals surface area (Å²) < 4.78 is 44.6. The molecule has 1 saturated heterocycles. The summed E-state index contributed by atoms with van der Waals surface area (Å²) >= 11 is 3.26. The minimum atomic E-state index is -3.65. The van der Waals surface area contributed by atoms with Gasteiger partial charge in [0, 0.05) is 32.8 Å². The summed E-state index contributed by atoms with van der Waals surface area (Å²) in [5, 5.41) is 0. The van der Waals surface area contributed by atoms with E-state index in [1.54, 1.807) is 12.1 Å². The SMILES string of the molecule is COc1ccc(Br)cc1S(=O)(=O)NC1CCS(=O)CC1. The van der Waals surface area contributed by atoms with Crippen LogP contribution in [0.1, 0.15) is 12.8 Å². The van der Waals surface area contributed by atoms with Gasteiger partial charge in [-0.15, -0.1) is 0 Å². The first-order valence-corrected chi connectivity index (χ1v) is 9.89. The van der Waals surface area contributed by atoms with Gasteiger partial charge in [0.05, 0.1) is 7.11 Å². The van der Waals surface area contributed by atoms with Crippen LogP contribution in [0.5, 0.6) is 5.75 Å². The topological polar surface area (TPSA) is 72.5 Å². The first kappa shape index (κ1) is 15.9. The molecule has 0 amide bonds. The van der Waals surface area contributed by atoms with Crippen molar-refractivity contribution in [2.45, 2.75) is 23.8 Å². The molecule has 2 rings (SSSR count). The highest BCUT2D eigenvalue weighted by Gasteiger charge is 2.26. The zero-order valence-corrected chi connectivity index (χ0v) is 14.2. The predicted molar refractivity (Wildman–Crippen MR) is 81.9 cm³/mol. The van der Waals surface area contributed by atoms with Gasteiger partial charge >= 0.3 is 0 Å². The molecule has 5 nitrogen and oxygen atoms in total. The fraction of sp³-hybridized carbons (Fsp3) is 0.500. The Balaban J connectivity index is 2.22. The van der Waals surface area contributed by atoms with Crippen molar-refractivity contribution < 1.29 is 17.4 Å². The maximum atomic E-state index is 12.4. The van der Waals surface area contributed by atoms with Crippen molar-refractivity contribution in [2.75, 3.05) is 18.6 Å². The summed E-state index contributed by atoms with van der Waals surface area (Å²) in [5.41, 5.74) is 0. The van der Waals surface area contributed by atoms with Crippen LogP contribution >= 0.6 is 15.9 Å². The Kier molecular flexibility index (Phi) is 5.22. The summed E-state index contributed by atoms with van der Waals surface area (Å²) in [6, 6.07) is 4.68. The number of ether oxygens (including phenoxy) is 1. The molecule has 1 aliphatic rings. The van der Waals surface area contributed by atoms with Crippen LogP contribution in [0.25, 0.3) is 0 Å². The maximum absolute atomic E-state index is 12.4. The van der Waals surface area contributed by atoms with Crippen molar-refractivity contribution in [3.63, 3.8) is 0 Å². The number of halogens is 1. The fourth-order valence-corrected chi connectivity index (χ4v) is 5.37. The van der Waals surface area contributed by atoms with E-state index in [0.29, 0.717) is 34.6 Å².